The number of halogens is 1. The Bertz CT molecular complexity index is 321. The summed E-state index contributed by atoms with van der Waals surface area (Å²) >= 11 is 5.72. The molecule has 1 N–H and O–H groups in total. The second kappa shape index (κ2) is 4.28. The monoisotopic (exact) mass is 196 g/mol. The second-order valence-electron chi connectivity index (χ2n) is 3.08. The van der Waals surface area contributed by atoms with Gasteiger partial charge in [0.15, 0.2) is 0 Å². The Morgan fingerprint density at radius 1 is 1.62 bits per heavy atom. The highest BCUT2D eigenvalue weighted by molar-refractivity contribution is 6.29. The van der Waals surface area contributed by atoms with Gasteiger partial charge in [0.1, 0.15) is 5.15 Å². The summed E-state index contributed by atoms with van der Waals surface area (Å²) in [5.74, 6) is 0. The highest BCUT2D eigenvalue weighted by atomic mass is 35.5. The van der Waals surface area contributed by atoms with Crippen molar-refractivity contribution < 1.29 is 0 Å². The van der Waals surface area contributed by atoms with Gasteiger partial charge in [-0.15, -0.1) is 0 Å². The standard InChI is InChI=1S/C10H13ClN2/c1-7(2)6-12-9-4-5-10(11)13-8(9)3/h4-5,12H,1,6H2,2-3H3. The molecule has 1 aromatic heterocycles. The Kier molecular flexibility index (Phi) is 3.32. The quantitative estimate of drug-likeness (QED) is 0.594. The topological polar surface area (TPSA) is 24.9 Å². The summed E-state index contributed by atoms with van der Waals surface area (Å²) in [6.45, 7) is 8.48. The molecule has 0 unspecified atom stereocenters. The molecule has 0 atom stereocenters. The lowest BCUT2D eigenvalue weighted by Gasteiger charge is -2.08. The van der Waals surface area contributed by atoms with E-state index in [0.717, 1.165) is 23.5 Å². The maximum Gasteiger partial charge on any atom is 0.129 e. The third kappa shape index (κ3) is 3.07. The van der Waals surface area contributed by atoms with Crippen LogP contribution in [0.2, 0.25) is 5.15 Å². The summed E-state index contributed by atoms with van der Waals surface area (Å²) in [6.07, 6.45) is 0. The summed E-state index contributed by atoms with van der Waals surface area (Å²) in [7, 11) is 0. The molecule has 0 amide bonds. The number of nitrogens with zero attached hydrogens (tertiary/aromatic N) is 1. The number of hydrogen-bond donors (Lipinski definition) is 1. The second-order valence-corrected chi connectivity index (χ2v) is 3.46. The van der Waals surface area contributed by atoms with E-state index in [-0.39, 0.29) is 0 Å². The average Bonchev–Trinajstić information content (AvgIpc) is 2.02. The van der Waals surface area contributed by atoms with Crippen molar-refractivity contribution in [3.63, 3.8) is 0 Å². The van der Waals surface area contributed by atoms with E-state index in [1.165, 1.54) is 0 Å². The molecule has 70 valence electrons. The van der Waals surface area contributed by atoms with Gasteiger partial charge in [-0.05, 0) is 26.0 Å². The number of nitrogens with one attached hydrogen (secondary N) is 1. The highest BCUT2D eigenvalue weighted by Crippen LogP contribution is 2.15. The van der Waals surface area contributed by atoms with Crippen LogP contribution in [0.4, 0.5) is 5.69 Å². The molecule has 0 saturated heterocycles. The molecule has 0 aromatic carbocycles. The predicted octanol–water partition coefficient (Wildman–Crippen LogP) is 3.03. The smallest absolute Gasteiger partial charge is 0.129 e. The third-order valence-corrected chi connectivity index (χ3v) is 1.84. The zero-order valence-corrected chi connectivity index (χ0v) is 8.65. The summed E-state index contributed by atoms with van der Waals surface area (Å²) in [6, 6.07) is 3.70. The molecule has 0 aliphatic rings. The van der Waals surface area contributed by atoms with E-state index < -0.39 is 0 Å². The predicted molar refractivity (Wildman–Crippen MR) is 57.3 cm³/mol. The van der Waals surface area contributed by atoms with Crippen molar-refractivity contribution in [3.8, 4) is 0 Å². The molecule has 0 bridgehead atoms. The summed E-state index contributed by atoms with van der Waals surface area (Å²) in [5, 5.41) is 3.75. The lowest BCUT2D eigenvalue weighted by Crippen LogP contribution is -2.04. The first kappa shape index (κ1) is 10.1. The fourth-order valence-corrected chi connectivity index (χ4v) is 1.15. The fraction of sp³-hybridized carbons (Fsp3) is 0.300. The summed E-state index contributed by atoms with van der Waals surface area (Å²) < 4.78 is 0. The van der Waals surface area contributed by atoms with E-state index in [1.807, 2.05) is 19.9 Å². The number of hydrogen-bond acceptors (Lipinski definition) is 2. The Labute approximate surface area is 83.6 Å². The van der Waals surface area contributed by atoms with Gasteiger partial charge in [-0.2, -0.15) is 0 Å². The van der Waals surface area contributed by atoms with Gasteiger partial charge >= 0.3 is 0 Å². The lowest BCUT2D eigenvalue weighted by atomic mass is 10.3. The van der Waals surface area contributed by atoms with Crippen molar-refractivity contribution >= 4 is 17.3 Å². The lowest BCUT2D eigenvalue weighted by molar-refractivity contribution is 1.15. The third-order valence-electron chi connectivity index (χ3n) is 1.63. The van der Waals surface area contributed by atoms with Crippen molar-refractivity contribution in [1.29, 1.82) is 0 Å². The van der Waals surface area contributed by atoms with E-state index in [9.17, 15) is 0 Å². The van der Waals surface area contributed by atoms with E-state index in [4.69, 9.17) is 11.6 Å². The first-order valence-corrected chi connectivity index (χ1v) is 4.49. The van der Waals surface area contributed by atoms with Crippen LogP contribution in [0.15, 0.2) is 24.3 Å². The van der Waals surface area contributed by atoms with Gasteiger partial charge in [0.05, 0.1) is 11.4 Å². The molecule has 1 rings (SSSR count). The molecular formula is C10H13ClN2. The van der Waals surface area contributed by atoms with Gasteiger partial charge in [0.25, 0.3) is 0 Å². The van der Waals surface area contributed by atoms with Crippen molar-refractivity contribution in [2.24, 2.45) is 0 Å². The van der Waals surface area contributed by atoms with E-state index in [2.05, 4.69) is 16.9 Å². The molecule has 0 saturated carbocycles. The summed E-state index contributed by atoms with van der Waals surface area (Å²) in [4.78, 5) is 4.12. The van der Waals surface area contributed by atoms with Crippen LogP contribution in [0.5, 0.6) is 0 Å². The van der Waals surface area contributed by atoms with Gasteiger partial charge in [0, 0.05) is 6.54 Å². The number of rotatable bonds is 3. The minimum Gasteiger partial charge on any atom is -0.380 e. The molecule has 1 aromatic rings. The highest BCUT2D eigenvalue weighted by Gasteiger charge is 1.98. The molecule has 13 heavy (non-hydrogen) atoms. The number of aromatic nitrogens is 1. The fourth-order valence-electron chi connectivity index (χ4n) is 0.963. The Morgan fingerprint density at radius 3 is 2.85 bits per heavy atom. The Balaban J connectivity index is 2.72. The molecule has 0 spiro atoms. The van der Waals surface area contributed by atoms with E-state index >= 15 is 0 Å². The molecule has 0 aliphatic carbocycles. The van der Waals surface area contributed by atoms with Crippen molar-refractivity contribution in [3.05, 3.63) is 35.1 Å². The van der Waals surface area contributed by atoms with Crippen LogP contribution >= 0.6 is 11.6 Å². The maximum atomic E-state index is 5.72. The SMILES string of the molecule is C=C(C)CNc1ccc(Cl)nc1C. The summed E-state index contributed by atoms with van der Waals surface area (Å²) in [5.41, 5.74) is 3.01. The van der Waals surface area contributed by atoms with Crippen molar-refractivity contribution in [2.75, 3.05) is 11.9 Å². The van der Waals surface area contributed by atoms with Crippen molar-refractivity contribution in [1.82, 2.24) is 4.98 Å². The van der Waals surface area contributed by atoms with Crippen LogP contribution < -0.4 is 5.32 Å². The molecule has 3 heteroatoms. The Morgan fingerprint density at radius 2 is 2.31 bits per heavy atom. The normalized spacial score (nSPS) is 9.77. The minimum absolute atomic E-state index is 0.526. The van der Waals surface area contributed by atoms with E-state index in [0.29, 0.717) is 5.15 Å². The van der Waals surface area contributed by atoms with Crippen LogP contribution in [0.3, 0.4) is 0 Å². The molecule has 1 heterocycles. The first-order chi connectivity index (χ1) is 6.09. The molecule has 0 aliphatic heterocycles. The van der Waals surface area contributed by atoms with Crippen molar-refractivity contribution in [2.45, 2.75) is 13.8 Å². The number of aryl methyl sites for hydroxylation is 1. The van der Waals surface area contributed by atoms with Gasteiger partial charge < -0.3 is 5.32 Å². The maximum absolute atomic E-state index is 5.72. The van der Waals surface area contributed by atoms with Gasteiger partial charge in [0.2, 0.25) is 0 Å². The van der Waals surface area contributed by atoms with Crippen LogP contribution in [-0.2, 0) is 0 Å². The zero-order valence-electron chi connectivity index (χ0n) is 7.89. The number of anilines is 1. The van der Waals surface area contributed by atoms with Crippen LogP contribution in [0.25, 0.3) is 0 Å². The van der Waals surface area contributed by atoms with Gasteiger partial charge in [-0.1, -0.05) is 23.8 Å². The molecular weight excluding hydrogens is 184 g/mol. The van der Waals surface area contributed by atoms with Gasteiger partial charge in [-0.3, -0.25) is 0 Å². The van der Waals surface area contributed by atoms with Crippen LogP contribution in [0.1, 0.15) is 12.6 Å². The average molecular weight is 197 g/mol. The largest absolute Gasteiger partial charge is 0.380 e. The molecule has 2 nitrogen and oxygen atoms in total. The molecule has 0 radical (unpaired) electrons. The minimum atomic E-state index is 0.526. The van der Waals surface area contributed by atoms with Crippen LogP contribution in [0, 0.1) is 6.92 Å². The molecule has 0 fully saturated rings. The Hall–Kier alpha value is -1.02. The zero-order chi connectivity index (χ0) is 9.84. The van der Waals surface area contributed by atoms with E-state index in [1.54, 1.807) is 6.07 Å². The van der Waals surface area contributed by atoms with Gasteiger partial charge in [-0.25, -0.2) is 4.98 Å². The first-order valence-electron chi connectivity index (χ1n) is 4.11. The van der Waals surface area contributed by atoms with Crippen LogP contribution in [-0.4, -0.2) is 11.5 Å². The number of pyridine rings is 1.